The topological polar surface area (TPSA) is 92.8 Å². The number of benzene rings is 3. The maximum atomic E-state index is 13.0. The Morgan fingerprint density at radius 1 is 0.971 bits per heavy atom. The van der Waals surface area contributed by atoms with Gasteiger partial charge in [-0.3, -0.25) is 9.10 Å². The normalized spacial score (nSPS) is 12.0. The van der Waals surface area contributed by atoms with E-state index in [9.17, 15) is 22.4 Å². The lowest BCUT2D eigenvalue weighted by molar-refractivity contribution is -0.124. The highest BCUT2D eigenvalue weighted by atomic mass is 32.2. The Balaban J connectivity index is 1.60. The van der Waals surface area contributed by atoms with Crippen molar-refractivity contribution in [1.82, 2.24) is 5.32 Å². The Labute approximate surface area is 198 Å². The minimum absolute atomic E-state index is 0.0284. The first-order valence-electron chi connectivity index (χ1n) is 10.6. The molecule has 1 amide bonds. The van der Waals surface area contributed by atoms with Gasteiger partial charge in [0.15, 0.2) is 6.61 Å². The predicted octanol–water partition coefficient (Wildman–Crippen LogP) is 4.08. The second-order valence-corrected chi connectivity index (χ2v) is 9.31. The van der Waals surface area contributed by atoms with Crippen LogP contribution in [0.1, 0.15) is 35.8 Å². The molecule has 0 aliphatic carbocycles. The van der Waals surface area contributed by atoms with E-state index in [0.717, 1.165) is 0 Å². The lowest BCUT2D eigenvalue weighted by atomic mass is 10.1. The number of carbonyl (C=O) groups is 2. The molecule has 178 valence electrons. The van der Waals surface area contributed by atoms with Crippen molar-refractivity contribution in [2.45, 2.75) is 24.8 Å². The van der Waals surface area contributed by atoms with Crippen LogP contribution < -0.4 is 9.62 Å². The van der Waals surface area contributed by atoms with Crippen molar-refractivity contribution >= 4 is 27.6 Å². The van der Waals surface area contributed by atoms with Gasteiger partial charge in [-0.25, -0.2) is 17.6 Å². The first kappa shape index (κ1) is 24.9. The third-order valence-electron chi connectivity index (χ3n) is 5.09. The molecule has 0 spiro atoms. The standard InChI is InChI=1S/C25H25FN2O5S/c1-3-28(22-7-5-4-6-8-22)34(31,32)23-15-11-20(12-16-23)25(30)33-17-24(29)27-18(2)19-9-13-21(26)14-10-19/h4-16,18H,3,17H2,1-2H3,(H,27,29). The number of ether oxygens (including phenoxy) is 1. The van der Waals surface area contributed by atoms with Gasteiger partial charge in [0.25, 0.3) is 15.9 Å². The molecule has 1 N–H and O–H groups in total. The Morgan fingerprint density at radius 3 is 2.18 bits per heavy atom. The van der Waals surface area contributed by atoms with Crippen LogP contribution in [0.25, 0.3) is 0 Å². The van der Waals surface area contributed by atoms with Crippen molar-refractivity contribution in [2.75, 3.05) is 17.5 Å². The summed E-state index contributed by atoms with van der Waals surface area (Å²) in [6, 6.07) is 19.3. The number of anilines is 1. The molecule has 0 aliphatic heterocycles. The van der Waals surface area contributed by atoms with Crippen molar-refractivity contribution in [3.63, 3.8) is 0 Å². The van der Waals surface area contributed by atoms with Crippen LogP contribution >= 0.6 is 0 Å². The third kappa shape index (κ3) is 5.99. The first-order chi connectivity index (χ1) is 16.2. The quantitative estimate of drug-likeness (QED) is 0.462. The molecule has 0 saturated carbocycles. The van der Waals surface area contributed by atoms with E-state index in [-0.39, 0.29) is 22.8 Å². The molecule has 1 unspecified atom stereocenters. The van der Waals surface area contributed by atoms with Crippen LogP contribution in [0, 0.1) is 5.82 Å². The van der Waals surface area contributed by atoms with Crippen LogP contribution in [-0.2, 0) is 19.6 Å². The number of halogens is 1. The Hall–Kier alpha value is -3.72. The van der Waals surface area contributed by atoms with Gasteiger partial charge in [-0.05, 0) is 67.9 Å². The summed E-state index contributed by atoms with van der Waals surface area (Å²) in [4.78, 5) is 24.5. The molecule has 7 nitrogen and oxygen atoms in total. The van der Waals surface area contributed by atoms with Gasteiger partial charge in [-0.2, -0.15) is 0 Å². The number of para-hydroxylation sites is 1. The molecule has 34 heavy (non-hydrogen) atoms. The second-order valence-electron chi connectivity index (χ2n) is 7.45. The molecule has 0 saturated heterocycles. The zero-order valence-electron chi connectivity index (χ0n) is 18.8. The van der Waals surface area contributed by atoms with Gasteiger partial charge in [0.1, 0.15) is 5.82 Å². The summed E-state index contributed by atoms with van der Waals surface area (Å²) in [5.74, 6) is -1.66. The molecule has 3 aromatic carbocycles. The van der Waals surface area contributed by atoms with E-state index in [2.05, 4.69) is 5.32 Å². The highest BCUT2D eigenvalue weighted by Gasteiger charge is 2.24. The molecule has 0 fully saturated rings. The van der Waals surface area contributed by atoms with Crippen molar-refractivity contribution in [3.8, 4) is 0 Å². The van der Waals surface area contributed by atoms with Crippen molar-refractivity contribution in [2.24, 2.45) is 0 Å². The summed E-state index contributed by atoms with van der Waals surface area (Å²) in [6.07, 6.45) is 0. The highest BCUT2D eigenvalue weighted by Crippen LogP contribution is 2.23. The van der Waals surface area contributed by atoms with Crippen molar-refractivity contribution in [3.05, 3.63) is 95.8 Å². The first-order valence-corrected chi connectivity index (χ1v) is 12.1. The number of rotatable bonds is 9. The lowest BCUT2D eigenvalue weighted by Gasteiger charge is -2.22. The summed E-state index contributed by atoms with van der Waals surface area (Å²) in [5, 5.41) is 2.66. The number of hydrogen-bond acceptors (Lipinski definition) is 5. The van der Waals surface area contributed by atoms with Crippen LogP contribution in [0.15, 0.2) is 83.8 Å². The number of amides is 1. The van der Waals surface area contributed by atoms with Crippen LogP contribution in [-0.4, -0.2) is 33.4 Å². The summed E-state index contributed by atoms with van der Waals surface area (Å²) in [6.45, 7) is 3.18. The molecular weight excluding hydrogens is 459 g/mol. The van der Waals surface area contributed by atoms with Gasteiger partial charge in [0, 0.05) is 6.54 Å². The van der Waals surface area contributed by atoms with Gasteiger partial charge >= 0.3 is 5.97 Å². The number of sulfonamides is 1. The molecule has 3 aromatic rings. The maximum Gasteiger partial charge on any atom is 0.338 e. The summed E-state index contributed by atoms with van der Waals surface area (Å²) >= 11 is 0. The largest absolute Gasteiger partial charge is 0.452 e. The minimum Gasteiger partial charge on any atom is -0.452 e. The van der Waals surface area contributed by atoms with E-state index in [4.69, 9.17) is 4.74 Å². The molecule has 9 heteroatoms. The van der Waals surface area contributed by atoms with Crippen LogP contribution in [0.3, 0.4) is 0 Å². The van der Waals surface area contributed by atoms with E-state index >= 15 is 0 Å². The monoisotopic (exact) mass is 484 g/mol. The molecule has 0 bridgehead atoms. The zero-order chi connectivity index (χ0) is 24.7. The SMILES string of the molecule is CCN(c1ccccc1)S(=O)(=O)c1ccc(C(=O)OCC(=O)NC(C)c2ccc(F)cc2)cc1. The number of carbonyl (C=O) groups excluding carboxylic acids is 2. The van der Waals surface area contributed by atoms with Crippen molar-refractivity contribution < 1.29 is 27.1 Å². The van der Waals surface area contributed by atoms with Gasteiger partial charge < -0.3 is 10.1 Å². The Morgan fingerprint density at radius 2 is 1.59 bits per heavy atom. The molecule has 0 aliphatic rings. The molecule has 0 heterocycles. The molecule has 0 aromatic heterocycles. The molecule has 0 radical (unpaired) electrons. The third-order valence-corrected chi connectivity index (χ3v) is 7.01. The van der Waals surface area contributed by atoms with E-state index in [1.165, 1.54) is 40.7 Å². The molecular formula is C25H25FN2O5S. The average molecular weight is 485 g/mol. The Kier molecular flexibility index (Phi) is 8.01. The number of nitrogens with zero attached hydrogens (tertiary/aromatic N) is 1. The van der Waals surface area contributed by atoms with Crippen LogP contribution in [0.4, 0.5) is 10.1 Å². The fourth-order valence-electron chi connectivity index (χ4n) is 3.31. The van der Waals surface area contributed by atoms with E-state index in [0.29, 0.717) is 11.3 Å². The fraction of sp³-hybridized carbons (Fsp3) is 0.200. The highest BCUT2D eigenvalue weighted by molar-refractivity contribution is 7.92. The van der Waals surface area contributed by atoms with Crippen LogP contribution in [0.2, 0.25) is 0 Å². The second kappa shape index (κ2) is 10.9. The van der Waals surface area contributed by atoms with Gasteiger partial charge in [-0.1, -0.05) is 30.3 Å². The number of hydrogen-bond donors (Lipinski definition) is 1. The van der Waals surface area contributed by atoms with E-state index in [1.807, 2.05) is 0 Å². The average Bonchev–Trinajstić information content (AvgIpc) is 2.84. The number of nitrogens with one attached hydrogen (secondary N) is 1. The number of esters is 1. The van der Waals surface area contributed by atoms with Gasteiger partial charge in [-0.15, -0.1) is 0 Å². The van der Waals surface area contributed by atoms with E-state index in [1.54, 1.807) is 56.3 Å². The predicted molar refractivity (Wildman–Crippen MR) is 126 cm³/mol. The summed E-state index contributed by atoms with van der Waals surface area (Å²) < 4.78 is 45.4. The van der Waals surface area contributed by atoms with Crippen LogP contribution in [0.5, 0.6) is 0 Å². The smallest absolute Gasteiger partial charge is 0.338 e. The molecule has 1 atom stereocenters. The fourth-order valence-corrected chi connectivity index (χ4v) is 4.78. The molecule has 3 rings (SSSR count). The zero-order valence-corrected chi connectivity index (χ0v) is 19.6. The lowest BCUT2D eigenvalue weighted by Crippen LogP contribution is -2.31. The van der Waals surface area contributed by atoms with Crippen molar-refractivity contribution in [1.29, 1.82) is 0 Å². The minimum atomic E-state index is -3.82. The van der Waals surface area contributed by atoms with E-state index < -0.39 is 34.5 Å². The Bertz CT molecular complexity index is 1230. The maximum absolute atomic E-state index is 13.0. The summed E-state index contributed by atoms with van der Waals surface area (Å²) in [5.41, 5.74) is 1.35. The van der Waals surface area contributed by atoms with Gasteiger partial charge in [0.2, 0.25) is 0 Å². The van der Waals surface area contributed by atoms with Gasteiger partial charge in [0.05, 0.1) is 22.2 Å². The summed E-state index contributed by atoms with van der Waals surface area (Å²) in [7, 11) is -3.82.